The van der Waals surface area contributed by atoms with Gasteiger partial charge in [-0.15, -0.1) is 0 Å². The molecule has 0 saturated heterocycles. The Kier molecular flexibility index (Phi) is 1.54. The zero-order valence-corrected chi connectivity index (χ0v) is 6.80. The second kappa shape index (κ2) is 2.11. The topological polar surface area (TPSA) is 38.9 Å². The Morgan fingerprint density at radius 3 is 2.20 bits per heavy atom. The molecule has 0 N–H and O–H groups in total. The van der Waals surface area contributed by atoms with Crippen LogP contribution in [0.1, 0.15) is 26.7 Å². The van der Waals surface area contributed by atoms with Gasteiger partial charge >= 0.3 is 0 Å². The summed E-state index contributed by atoms with van der Waals surface area (Å²) in [6.07, 6.45) is 0. The molecule has 0 bridgehead atoms. The second-order valence-electron chi connectivity index (χ2n) is 3.40. The normalized spacial score (nSPS) is 11.9. The van der Waals surface area contributed by atoms with Crippen LogP contribution in [-0.2, 0) is 5.41 Å². The predicted octanol–water partition coefficient (Wildman–Crippen LogP) is -0.375. The number of nitrogens with zero attached hydrogens (tertiary/aromatic N) is 2. The average Bonchev–Trinajstić information content (AvgIpc) is 2.11. The summed E-state index contributed by atoms with van der Waals surface area (Å²) >= 11 is 0. The van der Waals surface area contributed by atoms with Gasteiger partial charge in [-0.1, -0.05) is 25.9 Å². The van der Waals surface area contributed by atoms with Crippen LogP contribution >= 0.6 is 0 Å². The van der Waals surface area contributed by atoms with Crippen molar-refractivity contribution in [3.8, 4) is 0 Å². The van der Waals surface area contributed by atoms with Gasteiger partial charge in [0.1, 0.15) is 5.72 Å². The Labute approximate surface area is 61.2 Å². The third kappa shape index (κ3) is 1.37. The van der Waals surface area contributed by atoms with E-state index < -0.39 is 0 Å². The van der Waals surface area contributed by atoms with E-state index in [1.54, 1.807) is 0 Å². The molecular formula is C6H11BN2O. The molecule has 0 atom stereocenters. The molecule has 0 aromatic carbocycles. The molecule has 4 heteroatoms. The molecule has 0 radical (unpaired) electrons. The monoisotopic (exact) mass is 138 g/mol. The maximum atomic E-state index is 4.97. The lowest BCUT2D eigenvalue weighted by Crippen LogP contribution is -2.14. The Morgan fingerprint density at radius 2 is 2.00 bits per heavy atom. The molecule has 3 nitrogen and oxygen atoms in total. The van der Waals surface area contributed by atoms with Crippen molar-refractivity contribution < 1.29 is 4.52 Å². The van der Waals surface area contributed by atoms with Crippen LogP contribution in [0.3, 0.4) is 0 Å². The standard InChI is InChI=1S/C6H11BN2O/c1-6(2,3)4-8-5(7)9-10-4/h7H2,1-3H3. The molecule has 1 aromatic heterocycles. The van der Waals surface area contributed by atoms with Crippen molar-refractivity contribution in [1.82, 2.24) is 10.1 Å². The van der Waals surface area contributed by atoms with E-state index in [0.29, 0.717) is 11.6 Å². The van der Waals surface area contributed by atoms with Crippen molar-refractivity contribution in [2.24, 2.45) is 0 Å². The zero-order valence-electron chi connectivity index (χ0n) is 6.80. The van der Waals surface area contributed by atoms with Crippen LogP contribution in [0, 0.1) is 0 Å². The van der Waals surface area contributed by atoms with Gasteiger partial charge in [0.2, 0.25) is 5.89 Å². The number of hydrogen-bond donors (Lipinski definition) is 0. The van der Waals surface area contributed by atoms with Crippen molar-refractivity contribution >= 4 is 13.6 Å². The van der Waals surface area contributed by atoms with E-state index in [0.717, 1.165) is 0 Å². The van der Waals surface area contributed by atoms with E-state index in [1.807, 2.05) is 28.6 Å². The van der Waals surface area contributed by atoms with Gasteiger partial charge in [-0.05, 0) is 0 Å². The first-order chi connectivity index (χ1) is 4.50. The molecule has 0 aliphatic heterocycles. The summed E-state index contributed by atoms with van der Waals surface area (Å²) in [5.41, 5.74) is 0.672. The summed E-state index contributed by atoms with van der Waals surface area (Å²) < 4.78 is 4.97. The van der Waals surface area contributed by atoms with Crippen molar-refractivity contribution in [3.05, 3.63) is 5.89 Å². The first-order valence-corrected chi connectivity index (χ1v) is 3.31. The van der Waals surface area contributed by atoms with E-state index in [-0.39, 0.29) is 5.41 Å². The molecule has 1 rings (SSSR count). The first-order valence-electron chi connectivity index (χ1n) is 3.31. The van der Waals surface area contributed by atoms with Gasteiger partial charge in [-0.2, -0.15) is 0 Å². The maximum Gasteiger partial charge on any atom is 0.231 e. The smallest absolute Gasteiger partial charge is 0.231 e. The number of rotatable bonds is 0. The van der Waals surface area contributed by atoms with Gasteiger partial charge < -0.3 is 4.52 Å². The third-order valence-electron chi connectivity index (χ3n) is 1.17. The molecule has 0 unspecified atom stereocenters. The van der Waals surface area contributed by atoms with Gasteiger partial charge in [0.05, 0.1) is 0 Å². The van der Waals surface area contributed by atoms with Crippen LogP contribution in [0.4, 0.5) is 0 Å². The lowest BCUT2D eigenvalue weighted by molar-refractivity contribution is 0.321. The lowest BCUT2D eigenvalue weighted by Gasteiger charge is -2.10. The zero-order chi connectivity index (χ0) is 7.78. The molecule has 54 valence electrons. The quantitative estimate of drug-likeness (QED) is 0.459. The van der Waals surface area contributed by atoms with Crippen LogP contribution in [0.15, 0.2) is 4.52 Å². The molecule has 0 spiro atoms. The maximum absolute atomic E-state index is 4.97. The summed E-state index contributed by atoms with van der Waals surface area (Å²) in [7, 11) is 1.82. The minimum absolute atomic E-state index is 0.0265. The van der Waals surface area contributed by atoms with Crippen LogP contribution in [0.5, 0.6) is 0 Å². The average molecular weight is 138 g/mol. The first kappa shape index (κ1) is 7.31. The highest BCUT2D eigenvalue weighted by Gasteiger charge is 2.20. The van der Waals surface area contributed by atoms with E-state index in [4.69, 9.17) is 4.52 Å². The van der Waals surface area contributed by atoms with Crippen molar-refractivity contribution in [1.29, 1.82) is 0 Å². The molecule has 1 aromatic rings. The van der Waals surface area contributed by atoms with E-state index in [9.17, 15) is 0 Å². The predicted molar refractivity (Wildman–Crippen MR) is 41.2 cm³/mol. The molecule has 0 fully saturated rings. The minimum atomic E-state index is -0.0265. The fourth-order valence-electron chi connectivity index (χ4n) is 0.602. The lowest BCUT2D eigenvalue weighted by atomic mass is 9.97. The summed E-state index contributed by atoms with van der Waals surface area (Å²) in [4.78, 5) is 4.10. The van der Waals surface area contributed by atoms with E-state index >= 15 is 0 Å². The van der Waals surface area contributed by atoms with Gasteiger partial charge in [-0.25, -0.2) is 4.98 Å². The number of aromatic nitrogens is 2. The molecule has 0 saturated carbocycles. The molecular weight excluding hydrogens is 127 g/mol. The molecule has 0 aliphatic rings. The SMILES string of the molecule is Bc1noc(C(C)(C)C)n1. The fraction of sp³-hybridized carbons (Fsp3) is 0.667. The fourth-order valence-corrected chi connectivity index (χ4v) is 0.602. The highest BCUT2D eigenvalue weighted by atomic mass is 16.5. The van der Waals surface area contributed by atoms with Crippen LogP contribution < -0.4 is 5.72 Å². The molecule has 10 heavy (non-hydrogen) atoms. The Balaban J connectivity index is 2.96. The molecule has 1 heterocycles. The third-order valence-corrected chi connectivity index (χ3v) is 1.17. The van der Waals surface area contributed by atoms with Crippen molar-refractivity contribution in [2.45, 2.75) is 26.2 Å². The Hall–Kier alpha value is -0.795. The molecule has 0 aliphatic carbocycles. The highest BCUT2D eigenvalue weighted by molar-refractivity contribution is 6.28. The highest BCUT2D eigenvalue weighted by Crippen LogP contribution is 2.17. The minimum Gasteiger partial charge on any atom is -0.340 e. The molecule has 0 amide bonds. The van der Waals surface area contributed by atoms with Crippen LogP contribution in [0.25, 0.3) is 0 Å². The second-order valence-corrected chi connectivity index (χ2v) is 3.40. The van der Waals surface area contributed by atoms with E-state index in [2.05, 4.69) is 10.1 Å². The number of hydrogen-bond acceptors (Lipinski definition) is 3. The van der Waals surface area contributed by atoms with Gasteiger partial charge in [0, 0.05) is 5.41 Å². The Bertz CT molecular complexity index is 226. The van der Waals surface area contributed by atoms with Crippen molar-refractivity contribution in [3.63, 3.8) is 0 Å². The van der Waals surface area contributed by atoms with Gasteiger partial charge in [-0.3, -0.25) is 0 Å². The summed E-state index contributed by atoms with van der Waals surface area (Å²) in [5, 5.41) is 3.70. The van der Waals surface area contributed by atoms with Crippen LogP contribution in [-0.4, -0.2) is 18.0 Å². The van der Waals surface area contributed by atoms with Crippen LogP contribution in [0.2, 0.25) is 0 Å². The largest absolute Gasteiger partial charge is 0.340 e. The Morgan fingerprint density at radius 1 is 1.40 bits per heavy atom. The van der Waals surface area contributed by atoms with E-state index in [1.165, 1.54) is 0 Å². The summed E-state index contributed by atoms with van der Waals surface area (Å²) in [5.74, 6) is 0.699. The van der Waals surface area contributed by atoms with Gasteiger partial charge in [0.25, 0.3) is 0 Å². The van der Waals surface area contributed by atoms with Crippen molar-refractivity contribution in [2.75, 3.05) is 0 Å². The summed E-state index contributed by atoms with van der Waals surface area (Å²) in [6.45, 7) is 6.12. The van der Waals surface area contributed by atoms with Gasteiger partial charge in [0.15, 0.2) is 7.85 Å². The summed E-state index contributed by atoms with van der Waals surface area (Å²) in [6, 6.07) is 0.